The van der Waals surface area contributed by atoms with Crippen molar-refractivity contribution in [3.63, 3.8) is 0 Å². The van der Waals surface area contributed by atoms with Crippen LogP contribution in [-0.4, -0.2) is 23.1 Å². The molecule has 0 radical (unpaired) electrons. The first-order valence-corrected chi connectivity index (χ1v) is 6.19. The molecule has 0 saturated carbocycles. The third-order valence-corrected chi connectivity index (χ3v) is 3.28. The lowest BCUT2D eigenvalue weighted by Gasteiger charge is -2.40. The Kier molecular flexibility index (Phi) is 4.90. The van der Waals surface area contributed by atoms with E-state index in [1.54, 1.807) is 0 Å². The average molecular weight is 198 g/mol. The van der Waals surface area contributed by atoms with Crippen LogP contribution in [0.1, 0.15) is 59.8 Å². The van der Waals surface area contributed by atoms with Crippen LogP contribution >= 0.6 is 0 Å². The number of hydrogen-bond donors (Lipinski definition) is 1. The van der Waals surface area contributed by atoms with Crippen molar-refractivity contribution in [3.8, 4) is 0 Å². The van der Waals surface area contributed by atoms with Gasteiger partial charge in [0, 0.05) is 18.1 Å². The lowest BCUT2D eigenvalue weighted by atomic mass is 9.99. The van der Waals surface area contributed by atoms with Gasteiger partial charge in [0.25, 0.3) is 0 Å². The highest BCUT2D eigenvalue weighted by Crippen LogP contribution is 2.20. The quantitative estimate of drug-likeness (QED) is 0.747. The Labute approximate surface area is 89.0 Å². The van der Waals surface area contributed by atoms with Crippen LogP contribution in [0.2, 0.25) is 0 Å². The highest BCUT2D eigenvalue weighted by atomic mass is 15.5. The standard InChI is InChI=1S/C12H26N2/c1-5-7-10(2)13-14-11(3)8-6-9-12(14)4/h10-13H,5-9H2,1-4H3. The summed E-state index contributed by atoms with van der Waals surface area (Å²) in [4.78, 5) is 0. The van der Waals surface area contributed by atoms with Gasteiger partial charge in [0.15, 0.2) is 0 Å². The molecular formula is C12H26N2. The smallest absolute Gasteiger partial charge is 0.0218 e. The van der Waals surface area contributed by atoms with Crippen LogP contribution in [0, 0.1) is 0 Å². The molecule has 14 heavy (non-hydrogen) atoms. The molecule has 0 bridgehead atoms. The molecule has 0 aromatic carbocycles. The predicted octanol–water partition coefficient (Wildman–Crippen LogP) is 2.94. The van der Waals surface area contributed by atoms with Gasteiger partial charge in [0.1, 0.15) is 0 Å². The minimum atomic E-state index is 0.628. The van der Waals surface area contributed by atoms with Crippen LogP contribution in [0.5, 0.6) is 0 Å². The van der Waals surface area contributed by atoms with E-state index in [0.717, 1.165) is 0 Å². The van der Waals surface area contributed by atoms with Crippen molar-refractivity contribution in [2.24, 2.45) is 0 Å². The lowest BCUT2D eigenvalue weighted by Crippen LogP contribution is -2.54. The molecule has 2 nitrogen and oxygen atoms in total. The monoisotopic (exact) mass is 198 g/mol. The van der Waals surface area contributed by atoms with Crippen LogP contribution in [0.3, 0.4) is 0 Å². The molecule has 0 aromatic rings. The highest BCUT2D eigenvalue weighted by molar-refractivity contribution is 4.77. The largest absolute Gasteiger partial charge is 0.252 e. The van der Waals surface area contributed by atoms with E-state index in [4.69, 9.17) is 0 Å². The van der Waals surface area contributed by atoms with Gasteiger partial charge in [-0.15, -0.1) is 0 Å². The molecule has 0 spiro atoms. The van der Waals surface area contributed by atoms with Crippen molar-refractivity contribution in [2.45, 2.75) is 77.9 Å². The summed E-state index contributed by atoms with van der Waals surface area (Å²) in [6.07, 6.45) is 6.62. The van der Waals surface area contributed by atoms with E-state index in [2.05, 4.69) is 38.1 Å². The van der Waals surface area contributed by atoms with E-state index in [0.29, 0.717) is 18.1 Å². The fourth-order valence-electron chi connectivity index (χ4n) is 2.43. The van der Waals surface area contributed by atoms with Crippen LogP contribution in [0.4, 0.5) is 0 Å². The Morgan fingerprint density at radius 1 is 1.29 bits per heavy atom. The Morgan fingerprint density at radius 2 is 1.86 bits per heavy atom. The summed E-state index contributed by atoms with van der Waals surface area (Å²) in [6, 6.07) is 2.04. The number of nitrogens with zero attached hydrogens (tertiary/aromatic N) is 1. The number of rotatable bonds is 4. The third kappa shape index (κ3) is 3.25. The summed E-state index contributed by atoms with van der Waals surface area (Å²) in [6.45, 7) is 9.21. The Morgan fingerprint density at radius 3 is 2.36 bits per heavy atom. The van der Waals surface area contributed by atoms with Crippen molar-refractivity contribution in [3.05, 3.63) is 0 Å². The zero-order valence-electron chi connectivity index (χ0n) is 10.2. The molecule has 1 fully saturated rings. The van der Waals surface area contributed by atoms with Gasteiger partial charge in [0.2, 0.25) is 0 Å². The average Bonchev–Trinajstić information content (AvgIpc) is 2.12. The Bertz CT molecular complexity index is 148. The maximum Gasteiger partial charge on any atom is 0.0218 e. The van der Waals surface area contributed by atoms with Gasteiger partial charge in [0.05, 0.1) is 0 Å². The summed E-state index contributed by atoms with van der Waals surface area (Å²) in [5, 5.41) is 2.48. The molecule has 2 heteroatoms. The maximum atomic E-state index is 3.65. The topological polar surface area (TPSA) is 15.3 Å². The number of hydrazine groups is 1. The summed E-state index contributed by atoms with van der Waals surface area (Å²) in [7, 11) is 0. The van der Waals surface area contributed by atoms with E-state index < -0.39 is 0 Å². The first-order chi connectivity index (χ1) is 6.65. The van der Waals surface area contributed by atoms with Gasteiger partial charge in [-0.2, -0.15) is 0 Å². The van der Waals surface area contributed by atoms with E-state index >= 15 is 0 Å². The minimum Gasteiger partial charge on any atom is -0.252 e. The van der Waals surface area contributed by atoms with Gasteiger partial charge in [-0.25, -0.2) is 5.01 Å². The zero-order valence-corrected chi connectivity index (χ0v) is 10.2. The van der Waals surface area contributed by atoms with Gasteiger partial charge in [-0.3, -0.25) is 5.43 Å². The predicted molar refractivity (Wildman–Crippen MR) is 62.1 cm³/mol. The summed E-state index contributed by atoms with van der Waals surface area (Å²) in [5.41, 5.74) is 3.65. The van der Waals surface area contributed by atoms with Crippen LogP contribution in [0.25, 0.3) is 0 Å². The molecule has 1 aliphatic heterocycles. The number of hydrogen-bond acceptors (Lipinski definition) is 2. The van der Waals surface area contributed by atoms with E-state index in [9.17, 15) is 0 Å². The summed E-state index contributed by atoms with van der Waals surface area (Å²) >= 11 is 0. The molecule has 84 valence electrons. The molecule has 1 aliphatic rings. The van der Waals surface area contributed by atoms with Crippen molar-refractivity contribution >= 4 is 0 Å². The zero-order chi connectivity index (χ0) is 10.6. The molecule has 1 N–H and O–H groups in total. The molecule has 1 heterocycles. The van der Waals surface area contributed by atoms with Crippen molar-refractivity contribution in [1.29, 1.82) is 0 Å². The molecule has 1 rings (SSSR count). The molecular weight excluding hydrogens is 172 g/mol. The molecule has 0 aromatic heterocycles. The Balaban J connectivity index is 2.39. The molecule has 0 aliphatic carbocycles. The molecule has 1 saturated heterocycles. The van der Waals surface area contributed by atoms with Crippen LogP contribution < -0.4 is 5.43 Å². The second-order valence-electron chi connectivity index (χ2n) is 4.86. The van der Waals surface area contributed by atoms with E-state index in [-0.39, 0.29) is 0 Å². The Hall–Kier alpha value is -0.0800. The van der Waals surface area contributed by atoms with E-state index in [1.165, 1.54) is 32.1 Å². The highest BCUT2D eigenvalue weighted by Gasteiger charge is 2.25. The normalized spacial score (nSPS) is 31.7. The van der Waals surface area contributed by atoms with Crippen LogP contribution in [-0.2, 0) is 0 Å². The minimum absolute atomic E-state index is 0.628. The summed E-state index contributed by atoms with van der Waals surface area (Å²) in [5.74, 6) is 0. The van der Waals surface area contributed by atoms with Crippen molar-refractivity contribution in [1.82, 2.24) is 10.4 Å². The first-order valence-electron chi connectivity index (χ1n) is 6.19. The van der Waals surface area contributed by atoms with Gasteiger partial charge in [-0.1, -0.05) is 19.8 Å². The van der Waals surface area contributed by atoms with Gasteiger partial charge in [-0.05, 0) is 40.0 Å². The first kappa shape index (κ1) is 12.0. The van der Waals surface area contributed by atoms with Crippen molar-refractivity contribution in [2.75, 3.05) is 0 Å². The summed E-state index contributed by atoms with van der Waals surface area (Å²) < 4.78 is 0. The maximum absolute atomic E-state index is 3.65. The third-order valence-electron chi connectivity index (χ3n) is 3.28. The number of piperidine rings is 1. The number of nitrogens with one attached hydrogen (secondary N) is 1. The SMILES string of the molecule is CCCC(C)NN1C(C)CCCC1C. The molecule has 3 unspecified atom stereocenters. The van der Waals surface area contributed by atoms with Crippen molar-refractivity contribution < 1.29 is 0 Å². The van der Waals surface area contributed by atoms with E-state index in [1.807, 2.05) is 0 Å². The van der Waals surface area contributed by atoms with Crippen LogP contribution in [0.15, 0.2) is 0 Å². The fraction of sp³-hybridized carbons (Fsp3) is 1.00. The van der Waals surface area contributed by atoms with Gasteiger partial charge >= 0.3 is 0 Å². The lowest BCUT2D eigenvalue weighted by molar-refractivity contribution is 0.0309. The second-order valence-corrected chi connectivity index (χ2v) is 4.86. The fourth-order valence-corrected chi connectivity index (χ4v) is 2.43. The second kappa shape index (κ2) is 5.72. The molecule has 0 amide bonds. The van der Waals surface area contributed by atoms with Gasteiger partial charge < -0.3 is 0 Å². The molecule has 3 atom stereocenters.